The first-order valence-electron chi connectivity index (χ1n) is 5.62. The maximum Gasteiger partial charge on any atom is 0.257 e. The number of hydrogen-bond donors (Lipinski definition) is 2. The molecule has 0 aliphatic heterocycles. The minimum Gasteiger partial charge on any atom is -0.396 e. The van der Waals surface area contributed by atoms with Gasteiger partial charge in [0.25, 0.3) is 5.91 Å². The number of nitrogens with zero attached hydrogens (tertiary/aromatic N) is 2. The highest BCUT2D eigenvalue weighted by molar-refractivity contribution is 5.95. The molecule has 0 aliphatic rings. The zero-order valence-corrected chi connectivity index (χ0v) is 10.7. The number of aliphatic hydroxyl groups is 1. The largest absolute Gasteiger partial charge is 0.396 e. The van der Waals surface area contributed by atoms with Crippen LogP contribution in [0.4, 0.5) is 4.39 Å². The van der Waals surface area contributed by atoms with E-state index >= 15 is 0 Å². The highest BCUT2D eigenvalue weighted by Crippen LogP contribution is 2.10. The highest BCUT2D eigenvalue weighted by Gasteiger charge is 2.20. The zero-order valence-electron chi connectivity index (χ0n) is 10.7. The fraction of sp³-hybridized carbons (Fsp3) is 0.636. The van der Waals surface area contributed by atoms with Gasteiger partial charge in [0.05, 0.1) is 11.8 Å². The number of methoxy groups -OCH3 is 1. The Morgan fingerprint density at radius 2 is 2.33 bits per heavy atom. The van der Waals surface area contributed by atoms with Gasteiger partial charge in [0.1, 0.15) is 5.56 Å². The highest BCUT2D eigenvalue weighted by atomic mass is 19.1. The quantitative estimate of drug-likeness (QED) is 0.753. The fourth-order valence-corrected chi connectivity index (χ4v) is 1.63. The number of aromatic nitrogens is 2. The molecule has 0 radical (unpaired) electrons. The molecule has 102 valence electrons. The molecule has 0 aromatic carbocycles. The summed E-state index contributed by atoms with van der Waals surface area (Å²) in [6.45, 7) is 1.75. The van der Waals surface area contributed by atoms with Gasteiger partial charge < -0.3 is 15.2 Å². The van der Waals surface area contributed by atoms with Crippen molar-refractivity contribution in [1.29, 1.82) is 0 Å². The second-order valence-corrected chi connectivity index (χ2v) is 3.95. The van der Waals surface area contributed by atoms with Gasteiger partial charge in [-0.1, -0.05) is 0 Å². The summed E-state index contributed by atoms with van der Waals surface area (Å²) >= 11 is 0. The monoisotopic (exact) mass is 259 g/mol. The minimum absolute atomic E-state index is 0.0331. The van der Waals surface area contributed by atoms with Crippen LogP contribution in [0.5, 0.6) is 0 Å². The number of hydrogen-bond acceptors (Lipinski definition) is 4. The Hall–Kier alpha value is -1.47. The first-order chi connectivity index (χ1) is 8.51. The van der Waals surface area contributed by atoms with Gasteiger partial charge in [-0.05, 0) is 13.3 Å². The number of carbonyl (C=O) groups is 1. The summed E-state index contributed by atoms with van der Waals surface area (Å²) < 4.78 is 19.7. The Morgan fingerprint density at radius 1 is 1.67 bits per heavy atom. The summed E-state index contributed by atoms with van der Waals surface area (Å²) in [7, 11) is 2.92. The Kier molecular flexibility index (Phi) is 5.24. The summed E-state index contributed by atoms with van der Waals surface area (Å²) in [5.41, 5.74) is 0.278. The number of ether oxygens (including phenoxy) is 1. The van der Waals surface area contributed by atoms with E-state index in [0.29, 0.717) is 12.1 Å². The minimum atomic E-state index is -0.666. The molecule has 6 nitrogen and oxygen atoms in total. The third kappa shape index (κ3) is 3.27. The lowest BCUT2D eigenvalue weighted by atomic mass is 10.2. The lowest BCUT2D eigenvalue weighted by Crippen LogP contribution is -2.34. The van der Waals surface area contributed by atoms with Crippen LogP contribution < -0.4 is 5.32 Å². The van der Waals surface area contributed by atoms with Crippen LogP contribution in [0.2, 0.25) is 0 Å². The van der Waals surface area contributed by atoms with Crippen LogP contribution in [0.3, 0.4) is 0 Å². The van der Waals surface area contributed by atoms with Gasteiger partial charge >= 0.3 is 0 Å². The molecule has 1 rings (SSSR count). The Balaban J connectivity index is 2.65. The SMILES string of the molecule is COC(CCO)CNC(=O)c1c(C)nn(C)c1F. The summed E-state index contributed by atoms with van der Waals surface area (Å²) in [5.74, 6) is -1.20. The molecule has 18 heavy (non-hydrogen) atoms. The van der Waals surface area contributed by atoms with E-state index in [4.69, 9.17) is 9.84 Å². The van der Waals surface area contributed by atoms with Crippen molar-refractivity contribution in [3.8, 4) is 0 Å². The van der Waals surface area contributed by atoms with E-state index in [0.717, 1.165) is 4.68 Å². The lowest BCUT2D eigenvalue weighted by Gasteiger charge is -2.14. The third-order valence-corrected chi connectivity index (χ3v) is 2.65. The number of aryl methyl sites for hydroxylation is 2. The van der Waals surface area contributed by atoms with Crippen LogP contribution in [0.15, 0.2) is 0 Å². The molecule has 1 amide bonds. The Labute approximate surface area is 105 Å². The normalized spacial score (nSPS) is 12.5. The van der Waals surface area contributed by atoms with E-state index in [1.54, 1.807) is 6.92 Å². The smallest absolute Gasteiger partial charge is 0.257 e. The molecule has 1 atom stereocenters. The van der Waals surface area contributed by atoms with Crippen LogP contribution in [0.25, 0.3) is 0 Å². The summed E-state index contributed by atoms with van der Waals surface area (Å²) in [6, 6.07) is 0. The van der Waals surface area contributed by atoms with E-state index in [2.05, 4.69) is 10.4 Å². The summed E-state index contributed by atoms with van der Waals surface area (Å²) in [5, 5.41) is 15.2. The number of carbonyl (C=O) groups excluding carboxylic acids is 1. The van der Waals surface area contributed by atoms with Crippen molar-refractivity contribution in [2.45, 2.75) is 19.4 Å². The second-order valence-electron chi connectivity index (χ2n) is 3.95. The first-order valence-corrected chi connectivity index (χ1v) is 5.62. The van der Waals surface area contributed by atoms with Crippen molar-refractivity contribution in [3.05, 3.63) is 17.2 Å². The van der Waals surface area contributed by atoms with Gasteiger partial charge in [-0.25, -0.2) is 4.68 Å². The average Bonchev–Trinajstić information content (AvgIpc) is 2.58. The Bertz CT molecular complexity index is 420. The van der Waals surface area contributed by atoms with E-state index in [1.807, 2.05) is 0 Å². The molecular weight excluding hydrogens is 241 g/mol. The van der Waals surface area contributed by atoms with Crippen molar-refractivity contribution in [2.75, 3.05) is 20.3 Å². The van der Waals surface area contributed by atoms with Gasteiger partial charge in [0, 0.05) is 27.3 Å². The summed E-state index contributed by atoms with van der Waals surface area (Å²) in [6.07, 6.45) is 0.115. The van der Waals surface area contributed by atoms with Crippen molar-refractivity contribution in [3.63, 3.8) is 0 Å². The molecular formula is C11H18FN3O3. The molecule has 0 bridgehead atoms. The number of aliphatic hydroxyl groups excluding tert-OH is 1. The number of halogens is 1. The topological polar surface area (TPSA) is 76.4 Å². The van der Waals surface area contributed by atoms with Crippen molar-refractivity contribution < 1.29 is 19.0 Å². The number of amides is 1. The van der Waals surface area contributed by atoms with E-state index in [9.17, 15) is 9.18 Å². The standard InChI is InChI=1S/C11H18FN3O3/c1-7-9(10(12)15(2)14-7)11(17)13-6-8(18-3)4-5-16/h8,16H,4-6H2,1-3H3,(H,13,17). The molecule has 1 unspecified atom stereocenters. The van der Waals surface area contributed by atoms with Gasteiger partial charge in [-0.15, -0.1) is 0 Å². The van der Waals surface area contributed by atoms with Crippen LogP contribution in [-0.2, 0) is 11.8 Å². The van der Waals surface area contributed by atoms with Gasteiger partial charge in [-0.2, -0.15) is 9.49 Å². The summed E-state index contributed by atoms with van der Waals surface area (Å²) in [4.78, 5) is 11.8. The molecule has 0 saturated heterocycles. The van der Waals surface area contributed by atoms with Crippen molar-refractivity contribution >= 4 is 5.91 Å². The molecule has 1 aromatic rings. The molecule has 2 N–H and O–H groups in total. The van der Waals surface area contributed by atoms with Gasteiger partial charge in [-0.3, -0.25) is 4.79 Å². The molecule has 7 heteroatoms. The molecule has 0 spiro atoms. The van der Waals surface area contributed by atoms with Crippen LogP contribution in [0.1, 0.15) is 22.5 Å². The van der Waals surface area contributed by atoms with Gasteiger partial charge in [0.2, 0.25) is 5.95 Å². The van der Waals surface area contributed by atoms with E-state index in [1.165, 1.54) is 14.2 Å². The second kappa shape index (κ2) is 6.46. The maximum absolute atomic E-state index is 13.6. The number of rotatable bonds is 6. The third-order valence-electron chi connectivity index (χ3n) is 2.65. The Morgan fingerprint density at radius 3 is 2.78 bits per heavy atom. The van der Waals surface area contributed by atoms with Crippen molar-refractivity contribution in [1.82, 2.24) is 15.1 Å². The molecule has 1 aromatic heterocycles. The lowest BCUT2D eigenvalue weighted by molar-refractivity contribution is 0.0698. The maximum atomic E-state index is 13.6. The molecule has 1 heterocycles. The number of nitrogens with one attached hydrogen (secondary N) is 1. The van der Waals surface area contributed by atoms with Gasteiger partial charge in [0.15, 0.2) is 0 Å². The molecule has 0 fully saturated rings. The predicted octanol–water partition coefficient (Wildman–Crippen LogP) is -0.00518. The molecule has 0 aliphatic carbocycles. The first kappa shape index (κ1) is 14.6. The predicted molar refractivity (Wildman–Crippen MR) is 62.7 cm³/mol. The van der Waals surface area contributed by atoms with Crippen LogP contribution >= 0.6 is 0 Å². The van der Waals surface area contributed by atoms with Crippen LogP contribution in [-0.4, -0.2) is 47.2 Å². The molecule has 0 saturated carbocycles. The average molecular weight is 259 g/mol. The zero-order chi connectivity index (χ0) is 13.7. The van der Waals surface area contributed by atoms with Crippen molar-refractivity contribution in [2.24, 2.45) is 7.05 Å². The van der Waals surface area contributed by atoms with E-state index < -0.39 is 11.9 Å². The van der Waals surface area contributed by atoms with E-state index in [-0.39, 0.29) is 24.8 Å². The van der Waals surface area contributed by atoms with Crippen LogP contribution in [0, 0.1) is 12.9 Å². The fourth-order valence-electron chi connectivity index (χ4n) is 1.63.